The van der Waals surface area contributed by atoms with E-state index in [9.17, 15) is 14.4 Å². The Morgan fingerprint density at radius 1 is 1.50 bits per heavy atom. The third kappa shape index (κ3) is 3.27. The molecule has 0 saturated heterocycles. The Balaban J connectivity index is 2.27. The molecule has 6 nitrogen and oxygen atoms in total. The third-order valence-corrected chi connectivity index (χ3v) is 3.65. The van der Waals surface area contributed by atoms with E-state index in [1.54, 1.807) is 25.1 Å². The maximum Gasteiger partial charge on any atom is 0.268 e. The summed E-state index contributed by atoms with van der Waals surface area (Å²) in [7, 11) is 0. The van der Waals surface area contributed by atoms with Crippen LogP contribution in [0.4, 0.5) is 5.69 Å². The maximum absolute atomic E-state index is 12.3. The van der Waals surface area contributed by atoms with Crippen molar-refractivity contribution in [1.82, 2.24) is 5.32 Å². The van der Waals surface area contributed by atoms with Gasteiger partial charge in [-0.15, -0.1) is 0 Å². The summed E-state index contributed by atoms with van der Waals surface area (Å²) in [5.41, 5.74) is 0.879. The van der Waals surface area contributed by atoms with Crippen LogP contribution < -0.4 is 15.0 Å². The largest absolute Gasteiger partial charge is 0.479 e. The molecule has 0 saturated carbocycles. The number of fused-ring (bicyclic) bond motifs is 1. The summed E-state index contributed by atoms with van der Waals surface area (Å²) in [6, 6.07) is 4.86. The molecule has 0 fully saturated rings. The van der Waals surface area contributed by atoms with Crippen LogP contribution in [0.15, 0.2) is 18.2 Å². The van der Waals surface area contributed by atoms with Crippen molar-refractivity contribution in [3.63, 3.8) is 0 Å². The van der Waals surface area contributed by atoms with Crippen LogP contribution in [-0.2, 0) is 9.59 Å². The van der Waals surface area contributed by atoms with Crippen LogP contribution in [0.25, 0.3) is 0 Å². The second-order valence-corrected chi connectivity index (χ2v) is 5.41. The smallest absolute Gasteiger partial charge is 0.268 e. The lowest BCUT2D eigenvalue weighted by molar-refractivity contribution is -0.128. The average Bonchev–Trinajstić information content (AvgIpc) is 2.51. The van der Waals surface area contributed by atoms with Crippen molar-refractivity contribution in [2.24, 2.45) is 0 Å². The van der Waals surface area contributed by atoms with Gasteiger partial charge in [-0.25, -0.2) is 0 Å². The molecule has 118 valence electrons. The highest BCUT2D eigenvalue weighted by molar-refractivity contribution is 6.04. The highest BCUT2D eigenvalue weighted by atomic mass is 16.5. The Labute approximate surface area is 129 Å². The van der Waals surface area contributed by atoms with Gasteiger partial charge in [-0.1, -0.05) is 6.92 Å². The van der Waals surface area contributed by atoms with Crippen molar-refractivity contribution in [2.75, 3.05) is 11.4 Å². The molecular formula is C16H20N2O4. The number of rotatable bonds is 5. The molecule has 0 bridgehead atoms. The van der Waals surface area contributed by atoms with Gasteiger partial charge in [0.15, 0.2) is 6.10 Å². The number of carbonyl (C=O) groups is 3. The molecule has 0 spiro atoms. The van der Waals surface area contributed by atoms with Crippen LogP contribution in [-0.4, -0.2) is 36.8 Å². The molecule has 1 aromatic carbocycles. The molecule has 0 radical (unpaired) electrons. The standard InChI is InChI=1S/C16H20N2O4/c1-4-10(2)17-15(20)8-18-13-7-12(9-19)5-6-14(13)22-11(3)16(18)21/h5-7,9-11H,4,8H2,1-3H3,(H,17,20). The zero-order valence-electron chi connectivity index (χ0n) is 13.0. The zero-order chi connectivity index (χ0) is 16.3. The highest BCUT2D eigenvalue weighted by Gasteiger charge is 2.33. The molecule has 2 amide bonds. The fraction of sp³-hybridized carbons (Fsp3) is 0.438. The molecule has 1 aliphatic rings. The van der Waals surface area contributed by atoms with Crippen molar-refractivity contribution in [2.45, 2.75) is 39.3 Å². The van der Waals surface area contributed by atoms with E-state index in [1.165, 1.54) is 4.90 Å². The fourth-order valence-corrected chi connectivity index (χ4v) is 2.23. The van der Waals surface area contributed by atoms with Crippen molar-refractivity contribution in [3.05, 3.63) is 23.8 Å². The van der Waals surface area contributed by atoms with E-state index in [-0.39, 0.29) is 24.4 Å². The van der Waals surface area contributed by atoms with E-state index in [0.29, 0.717) is 23.3 Å². The van der Waals surface area contributed by atoms with Crippen molar-refractivity contribution < 1.29 is 19.1 Å². The fourth-order valence-electron chi connectivity index (χ4n) is 2.23. The first-order chi connectivity index (χ1) is 10.5. The monoisotopic (exact) mass is 304 g/mol. The predicted molar refractivity (Wildman–Crippen MR) is 82.2 cm³/mol. The number of anilines is 1. The van der Waals surface area contributed by atoms with Gasteiger partial charge >= 0.3 is 0 Å². The van der Waals surface area contributed by atoms with Gasteiger partial charge in [0.1, 0.15) is 18.6 Å². The van der Waals surface area contributed by atoms with Crippen LogP contribution in [0.3, 0.4) is 0 Å². The number of nitrogens with one attached hydrogen (secondary N) is 1. The first kappa shape index (κ1) is 16.0. The lowest BCUT2D eigenvalue weighted by Gasteiger charge is -2.33. The molecule has 1 heterocycles. The van der Waals surface area contributed by atoms with Crippen LogP contribution in [0.2, 0.25) is 0 Å². The Bertz CT molecular complexity index is 600. The molecule has 1 N–H and O–H groups in total. The van der Waals surface area contributed by atoms with Gasteiger partial charge in [-0.05, 0) is 38.5 Å². The minimum atomic E-state index is -0.661. The molecule has 2 rings (SSSR count). The Morgan fingerprint density at radius 3 is 2.86 bits per heavy atom. The Kier molecular flexibility index (Phi) is 4.80. The topological polar surface area (TPSA) is 75.7 Å². The number of aldehydes is 1. The van der Waals surface area contributed by atoms with E-state index in [0.717, 1.165) is 6.42 Å². The zero-order valence-corrected chi connectivity index (χ0v) is 13.0. The van der Waals surface area contributed by atoms with Gasteiger partial charge in [0.05, 0.1) is 5.69 Å². The van der Waals surface area contributed by atoms with E-state index in [2.05, 4.69) is 5.32 Å². The first-order valence-electron chi connectivity index (χ1n) is 7.32. The summed E-state index contributed by atoms with van der Waals surface area (Å²) in [5.74, 6) is -0.0388. The molecule has 1 aliphatic heterocycles. The van der Waals surface area contributed by atoms with Crippen molar-refractivity contribution >= 4 is 23.8 Å². The van der Waals surface area contributed by atoms with E-state index >= 15 is 0 Å². The number of hydrogen-bond donors (Lipinski definition) is 1. The molecule has 2 unspecified atom stereocenters. The Morgan fingerprint density at radius 2 is 2.23 bits per heavy atom. The summed E-state index contributed by atoms with van der Waals surface area (Å²) in [6.07, 6.45) is 0.844. The molecule has 0 aromatic heterocycles. The second kappa shape index (κ2) is 6.60. The quantitative estimate of drug-likeness (QED) is 0.837. The van der Waals surface area contributed by atoms with Crippen molar-refractivity contribution in [1.29, 1.82) is 0 Å². The lowest BCUT2D eigenvalue weighted by atomic mass is 10.1. The Hall–Kier alpha value is -2.37. The summed E-state index contributed by atoms with van der Waals surface area (Å²) < 4.78 is 5.52. The van der Waals surface area contributed by atoms with Crippen LogP contribution in [0.5, 0.6) is 5.75 Å². The molecule has 6 heteroatoms. The van der Waals surface area contributed by atoms with Gasteiger partial charge in [-0.2, -0.15) is 0 Å². The SMILES string of the molecule is CCC(C)NC(=O)CN1C(=O)C(C)Oc2ccc(C=O)cc21. The number of carbonyl (C=O) groups excluding carboxylic acids is 3. The summed E-state index contributed by atoms with van der Waals surface area (Å²) in [4.78, 5) is 36.7. The third-order valence-electron chi connectivity index (χ3n) is 3.65. The molecule has 1 aromatic rings. The number of nitrogens with zero attached hydrogens (tertiary/aromatic N) is 1. The normalized spacial score (nSPS) is 18.2. The van der Waals surface area contributed by atoms with Crippen LogP contribution >= 0.6 is 0 Å². The number of ether oxygens (including phenoxy) is 1. The minimum Gasteiger partial charge on any atom is -0.479 e. The van der Waals surface area contributed by atoms with E-state index < -0.39 is 6.10 Å². The maximum atomic E-state index is 12.3. The average molecular weight is 304 g/mol. The number of benzene rings is 1. The van der Waals surface area contributed by atoms with Crippen LogP contribution in [0, 0.1) is 0 Å². The van der Waals surface area contributed by atoms with Crippen LogP contribution in [0.1, 0.15) is 37.6 Å². The first-order valence-corrected chi connectivity index (χ1v) is 7.32. The summed E-state index contributed by atoms with van der Waals surface area (Å²) in [5, 5.41) is 2.83. The predicted octanol–water partition coefficient (Wildman–Crippen LogP) is 1.53. The molecular weight excluding hydrogens is 284 g/mol. The minimum absolute atomic E-state index is 0.0434. The van der Waals surface area contributed by atoms with Crippen molar-refractivity contribution in [3.8, 4) is 5.75 Å². The van der Waals surface area contributed by atoms with E-state index in [1.807, 2.05) is 13.8 Å². The molecule has 0 aliphatic carbocycles. The molecule has 2 atom stereocenters. The highest BCUT2D eigenvalue weighted by Crippen LogP contribution is 2.34. The van der Waals surface area contributed by atoms with Gasteiger partial charge < -0.3 is 10.1 Å². The summed E-state index contributed by atoms with van der Waals surface area (Å²) in [6.45, 7) is 5.42. The molecule has 22 heavy (non-hydrogen) atoms. The second-order valence-electron chi connectivity index (χ2n) is 5.41. The summed E-state index contributed by atoms with van der Waals surface area (Å²) >= 11 is 0. The van der Waals surface area contributed by atoms with E-state index in [4.69, 9.17) is 4.74 Å². The van der Waals surface area contributed by atoms with Gasteiger partial charge in [-0.3, -0.25) is 19.3 Å². The van der Waals surface area contributed by atoms with Gasteiger partial charge in [0.25, 0.3) is 5.91 Å². The number of hydrogen-bond acceptors (Lipinski definition) is 4. The van der Waals surface area contributed by atoms with Gasteiger partial charge in [0, 0.05) is 11.6 Å². The lowest BCUT2D eigenvalue weighted by Crippen LogP contribution is -2.49. The number of amides is 2. The van der Waals surface area contributed by atoms with Gasteiger partial charge in [0.2, 0.25) is 5.91 Å².